The molecule has 0 aliphatic carbocycles. The zero-order valence-corrected chi connectivity index (χ0v) is 17.3. The van der Waals surface area contributed by atoms with Crippen molar-refractivity contribution in [1.82, 2.24) is 20.4 Å². The Hall–Kier alpha value is -2.34. The summed E-state index contributed by atoms with van der Waals surface area (Å²) in [7, 11) is 1.94. The molecule has 1 aromatic heterocycles. The molecule has 2 heterocycles. The lowest BCUT2D eigenvalue weighted by Crippen LogP contribution is -2.39. The van der Waals surface area contributed by atoms with Gasteiger partial charge in [0, 0.05) is 45.4 Å². The van der Waals surface area contributed by atoms with Crippen LogP contribution in [-0.2, 0) is 18.2 Å². The lowest BCUT2D eigenvalue weighted by molar-refractivity contribution is -0.0250. The molecule has 1 saturated heterocycles. The van der Waals surface area contributed by atoms with Gasteiger partial charge in [0.2, 0.25) is 0 Å². The van der Waals surface area contributed by atoms with Crippen molar-refractivity contribution in [2.75, 3.05) is 26.2 Å². The van der Waals surface area contributed by atoms with Crippen LogP contribution in [0.15, 0.2) is 41.7 Å². The highest BCUT2D eigenvalue weighted by Crippen LogP contribution is 2.33. The second kappa shape index (κ2) is 10.3. The average molecular weight is 384 g/mol. The number of hydrogen-bond acceptors (Lipinski definition) is 3. The maximum Gasteiger partial charge on any atom is 0.191 e. The minimum absolute atomic E-state index is 0.136. The fourth-order valence-corrected chi connectivity index (χ4v) is 3.63. The minimum atomic E-state index is 0.136. The molecule has 1 fully saturated rings. The summed E-state index contributed by atoms with van der Waals surface area (Å²) in [5.74, 6) is 1.28. The number of ether oxygens (including phenoxy) is 1. The molecular weight excluding hydrogens is 350 g/mol. The van der Waals surface area contributed by atoms with E-state index in [1.54, 1.807) is 0 Å². The van der Waals surface area contributed by atoms with Crippen LogP contribution < -0.4 is 10.6 Å². The van der Waals surface area contributed by atoms with E-state index in [4.69, 9.17) is 9.73 Å². The molecule has 1 aliphatic rings. The number of aliphatic imine (C=N–C) groups is 1. The highest BCUT2D eigenvalue weighted by molar-refractivity contribution is 5.79. The van der Waals surface area contributed by atoms with Crippen molar-refractivity contribution in [2.24, 2.45) is 18.0 Å². The predicted octanol–water partition coefficient (Wildman–Crippen LogP) is 2.99. The second-order valence-corrected chi connectivity index (χ2v) is 7.52. The molecule has 0 radical (unpaired) electrons. The Morgan fingerprint density at radius 2 is 2.11 bits per heavy atom. The van der Waals surface area contributed by atoms with Crippen LogP contribution in [0.4, 0.5) is 0 Å². The third kappa shape index (κ3) is 5.83. The fraction of sp³-hybridized carbons (Fsp3) is 0.545. The molecule has 2 N–H and O–H groups in total. The summed E-state index contributed by atoms with van der Waals surface area (Å²) in [4.78, 5) is 4.86. The third-order valence-electron chi connectivity index (χ3n) is 5.14. The molecular formula is C22H33N5O. The zero-order chi connectivity index (χ0) is 19.8. The van der Waals surface area contributed by atoms with Crippen molar-refractivity contribution in [3.8, 4) is 0 Å². The van der Waals surface area contributed by atoms with Crippen molar-refractivity contribution < 1.29 is 4.74 Å². The van der Waals surface area contributed by atoms with Crippen LogP contribution in [0.5, 0.6) is 0 Å². The molecule has 28 heavy (non-hydrogen) atoms. The summed E-state index contributed by atoms with van der Waals surface area (Å²) in [6, 6.07) is 8.72. The largest absolute Gasteiger partial charge is 0.373 e. The van der Waals surface area contributed by atoms with E-state index >= 15 is 0 Å². The summed E-state index contributed by atoms with van der Waals surface area (Å²) >= 11 is 0. The number of nitrogens with one attached hydrogen (secondary N) is 2. The normalized spacial score (nSPS) is 20.2. The third-order valence-corrected chi connectivity index (χ3v) is 5.14. The van der Waals surface area contributed by atoms with Gasteiger partial charge in [-0.15, -0.1) is 0 Å². The van der Waals surface area contributed by atoms with E-state index in [-0.39, 0.29) is 6.10 Å². The maximum atomic E-state index is 6.13. The van der Waals surface area contributed by atoms with E-state index in [0.29, 0.717) is 5.92 Å². The van der Waals surface area contributed by atoms with Crippen molar-refractivity contribution in [3.05, 3.63) is 53.3 Å². The maximum absolute atomic E-state index is 6.13. The first-order valence-electron chi connectivity index (χ1n) is 10.3. The minimum Gasteiger partial charge on any atom is -0.373 e. The molecule has 3 rings (SSSR count). The summed E-state index contributed by atoms with van der Waals surface area (Å²) in [6.07, 6.45) is 7.28. The van der Waals surface area contributed by atoms with Crippen LogP contribution in [-0.4, -0.2) is 42.0 Å². The van der Waals surface area contributed by atoms with Crippen molar-refractivity contribution >= 4 is 5.96 Å². The van der Waals surface area contributed by atoms with Crippen LogP contribution in [0.1, 0.15) is 42.6 Å². The summed E-state index contributed by atoms with van der Waals surface area (Å²) in [6.45, 7) is 7.49. The Balaban J connectivity index is 1.58. The van der Waals surface area contributed by atoms with Crippen molar-refractivity contribution in [2.45, 2.75) is 39.2 Å². The number of guanidine groups is 1. The van der Waals surface area contributed by atoms with E-state index in [1.807, 2.05) is 17.9 Å². The van der Waals surface area contributed by atoms with Gasteiger partial charge in [-0.2, -0.15) is 5.10 Å². The molecule has 6 nitrogen and oxygen atoms in total. The SMILES string of the molecule is CCNC(=NCC1CCCOC1c1ccc(C)cc1)NCCc1cnn(C)c1. The smallest absolute Gasteiger partial charge is 0.191 e. The van der Waals surface area contributed by atoms with Crippen molar-refractivity contribution in [3.63, 3.8) is 0 Å². The van der Waals surface area contributed by atoms with Gasteiger partial charge in [-0.1, -0.05) is 29.8 Å². The van der Waals surface area contributed by atoms with Gasteiger partial charge in [-0.05, 0) is 44.2 Å². The van der Waals surface area contributed by atoms with Gasteiger partial charge in [-0.3, -0.25) is 9.67 Å². The van der Waals surface area contributed by atoms with Crippen LogP contribution in [0.25, 0.3) is 0 Å². The van der Waals surface area contributed by atoms with E-state index in [9.17, 15) is 0 Å². The Bertz CT molecular complexity index is 753. The van der Waals surface area contributed by atoms with Gasteiger partial charge >= 0.3 is 0 Å². The average Bonchev–Trinajstić information content (AvgIpc) is 3.12. The van der Waals surface area contributed by atoms with Gasteiger partial charge < -0.3 is 15.4 Å². The number of hydrogen-bond donors (Lipinski definition) is 2. The molecule has 1 aromatic carbocycles. The molecule has 1 aliphatic heterocycles. The number of nitrogens with zero attached hydrogens (tertiary/aromatic N) is 3. The Morgan fingerprint density at radius 3 is 2.82 bits per heavy atom. The quantitative estimate of drug-likeness (QED) is 0.570. The first-order valence-corrected chi connectivity index (χ1v) is 10.3. The topological polar surface area (TPSA) is 63.5 Å². The summed E-state index contributed by atoms with van der Waals surface area (Å²) < 4.78 is 7.97. The van der Waals surface area contributed by atoms with Gasteiger partial charge in [0.15, 0.2) is 5.96 Å². The molecule has 2 aromatic rings. The van der Waals surface area contributed by atoms with Crippen molar-refractivity contribution in [1.29, 1.82) is 0 Å². The lowest BCUT2D eigenvalue weighted by atomic mass is 9.89. The monoisotopic (exact) mass is 383 g/mol. The molecule has 0 amide bonds. The number of aromatic nitrogens is 2. The molecule has 152 valence electrons. The highest BCUT2D eigenvalue weighted by Gasteiger charge is 2.27. The molecule has 0 saturated carbocycles. The van der Waals surface area contributed by atoms with Crippen LogP contribution >= 0.6 is 0 Å². The zero-order valence-electron chi connectivity index (χ0n) is 17.3. The predicted molar refractivity (Wildman–Crippen MR) is 113 cm³/mol. The fourth-order valence-electron chi connectivity index (χ4n) is 3.63. The van der Waals surface area contributed by atoms with E-state index < -0.39 is 0 Å². The van der Waals surface area contributed by atoms with E-state index in [0.717, 1.165) is 51.5 Å². The standard InChI is InChI=1S/C22H33N5O/c1-4-23-22(24-12-11-18-14-26-27(3)16-18)25-15-20-6-5-13-28-21(20)19-9-7-17(2)8-10-19/h7-10,14,16,20-21H,4-6,11-13,15H2,1-3H3,(H2,23,24,25). The molecule has 0 spiro atoms. The van der Waals surface area contributed by atoms with E-state index in [2.05, 4.69) is 60.0 Å². The van der Waals surface area contributed by atoms with Gasteiger partial charge in [0.25, 0.3) is 0 Å². The lowest BCUT2D eigenvalue weighted by Gasteiger charge is -2.31. The first kappa shape index (κ1) is 20.4. The highest BCUT2D eigenvalue weighted by atomic mass is 16.5. The Morgan fingerprint density at radius 1 is 1.29 bits per heavy atom. The van der Waals surface area contributed by atoms with Crippen LogP contribution in [0, 0.1) is 12.8 Å². The van der Waals surface area contributed by atoms with Crippen LogP contribution in [0.3, 0.4) is 0 Å². The molecule has 0 bridgehead atoms. The van der Waals surface area contributed by atoms with E-state index in [1.165, 1.54) is 16.7 Å². The molecule has 2 atom stereocenters. The number of benzene rings is 1. The second-order valence-electron chi connectivity index (χ2n) is 7.52. The number of rotatable bonds is 7. The summed E-state index contributed by atoms with van der Waals surface area (Å²) in [5.41, 5.74) is 3.77. The van der Waals surface area contributed by atoms with Gasteiger partial charge in [0.1, 0.15) is 0 Å². The molecule has 6 heteroatoms. The van der Waals surface area contributed by atoms with Crippen LogP contribution in [0.2, 0.25) is 0 Å². The summed E-state index contributed by atoms with van der Waals surface area (Å²) in [5, 5.41) is 11.0. The molecule has 2 unspecified atom stereocenters. The van der Waals surface area contributed by atoms with Gasteiger partial charge in [0.05, 0.1) is 12.3 Å². The van der Waals surface area contributed by atoms with Gasteiger partial charge in [-0.25, -0.2) is 0 Å². The first-order chi connectivity index (χ1) is 13.7. The Kier molecular flexibility index (Phi) is 7.48. The Labute approximate surface area is 168 Å². The number of aryl methyl sites for hydroxylation is 2.